The number of ether oxygens (including phenoxy) is 1. The molecule has 130 valence electrons. The molecule has 1 aromatic carbocycles. The zero-order valence-electron chi connectivity index (χ0n) is 13.1. The number of rotatable bonds is 2. The van der Waals surface area contributed by atoms with Crippen LogP contribution in [0.1, 0.15) is 12.8 Å². The molecule has 1 N–H and O–H groups in total. The Morgan fingerprint density at radius 2 is 1.75 bits per heavy atom. The van der Waals surface area contributed by atoms with Crippen LogP contribution in [0.5, 0.6) is 0 Å². The molecule has 8 heteroatoms. The predicted molar refractivity (Wildman–Crippen MR) is 89.7 cm³/mol. The molecule has 3 rings (SSSR count). The summed E-state index contributed by atoms with van der Waals surface area (Å²) in [5, 5.41) is 3.23. The van der Waals surface area contributed by atoms with Crippen LogP contribution in [0.4, 0.5) is 14.5 Å². The maximum absolute atomic E-state index is 13.2. The van der Waals surface area contributed by atoms with Crippen molar-refractivity contribution in [3.8, 4) is 0 Å². The molecule has 2 fully saturated rings. The fourth-order valence-corrected chi connectivity index (χ4v) is 3.23. The van der Waals surface area contributed by atoms with Crippen LogP contribution in [0, 0.1) is 11.6 Å². The molecule has 0 unspecified atom stereocenters. The van der Waals surface area contributed by atoms with E-state index in [2.05, 4.69) is 5.32 Å². The first-order valence-electron chi connectivity index (χ1n) is 7.95. The number of nitrogens with one attached hydrogen (secondary N) is 1. The summed E-state index contributed by atoms with van der Waals surface area (Å²) in [6.07, 6.45) is 1.40. The molecule has 0 aromatic heterocycles. The smallest absolute Gasteiger partial charge is 0.251 e. The number of piperazine rings is 1. The second kappa shape index (κ2) is 7.40. The zero-order chi connectivity index (χ0) is 17.1. The van der Waals surface area contributed by atoms with Gasteiger partial charge in [-0.3, -0.25) is 4.79 Å². The number of halogens is 2. The van der Waals surface area contributed by atoms with E-state index in [4.69, 9.17) is 17.0 Å². The molecule has 1 aromatic rings. The van der Waals surface area contributed by atoms with Crippen LogP contribution >= 0.6 is 12.2 Å². The van der Waals surface area contributed by atoms with Gasteiger partial charge in [0.1, 0.15) is 17.7 Å². The Kier molecular flexibility index (Phi) is 5.25. The Labute approximate surface area is 144 Å². The summed E-state index contributed by atoms with van der Waals surface area (Å²) in [5.74, 6) is -1.28. The van der Waals surface area contributed by atoms with Crippen LogP contribution in [-0.2, 0) is 9.53 Å². The average molecular weight is 355 g/mol. The Morgan fingerprint density at radius 1 is 1.12 bits per heavy atom. The van der Waals surface area contributed by atoms with E-state index in [1.807, 2.05) is 4.90 Å². The monoisotopic (exact) mass is 355 g/mol. The van der Waals surface area contributed by atoms with Crippen molar-refractivity contribution >= 4 is 28.9 Å². The van der Waals surface area contributed by atoms with Crippen molar-refractivity contribution in [2.45, 2.75) is 18.9 Å². The van der Waals surface area contributed by atoms with Crippen LogP contribution in [0.3, 0.4) is 0 Å². The molecule has 5 nitrogen and oxygen atoms in total. The largest absolute Gasteiger partial charge is 0.368 e. The third-order valence-electron chi connectivity index (χ3n) is 4.20. The molecule has 0 saturated carbocycles. The van der Waals surface area contributed by atoms with E-state index in [-0.39, 0.29) is 17.7 Å². The molecule has 1 atom stereocenters. The second-order valence-electron chi connectivity index (χ2n) is 5.90. The molecule has 24 heavy (non-hydrogen) atoms. The minimum absolute atomic E-state index is 0.0400. The lowest BCUT2D eigenvalue weighted by Crippen LogP contribution is -2.53. The van der Waals surface area contributed by atoms with E-state index in [1.54, 1.807) is 4.90 Å². The van der Waals surface area contributed by atoms with Crippen LogP contribution in [-0.4, -0.2) is 59.7 Å². The standard InChI is InChI=1S/C16H19F2N3O2S/c17-11-8-12(18)10-13(9-11)19-16(24)21-5-3-20(4-6-21)15(22)14-2-1-7-23-14/h8-10,14H,1-7H2,(H,19,24)/t14-/m1/s1. The Morgan fingerprint density at radius 3 is 2.33 bits per heavy atom. The fourth-order valence-electron chi connectivity index (χ4n) is 2.93. The number of hydrogen-bond acceptors (Lipinski definition) is 3. The molecule has 2 saturated heterocycles. The fraction of sp³-hybridized carbons (Fsp3) is 0.500. The van der Waals surface area contributed by atoms with Crippen molar-refractivity contribution in [3.63, 3.8) is 0 Å². The normalized spacial score (nSPS) is 21.0. The number of thiocarbonyl (C=S) groups is 1. The van der Waals surface area contributed by atoms with Crippen LogP contribution < -0.4 is 5.32 Å². The predicted octanol–water partition coefficient (Wildman–Crippen LogP) is 1.98. The lowest BCUT2D eigenvalue weighted by atomic mass is 10.2. The molecule has 2 aliphatic rings. The summed E-state index contributed by atoms with van der Waals surface area (Å²) in [7, 11) is 0. The molecule has 0 radical (unpaired) electrons. The van der Waals surface area contributed by atoms with Gasteiger partial charge in [-0.15, -0.1) is 0 Å². The number of carbonyl (C=O) groups excluding carboxylic acids is 1. The van der Waals surface area contributed by atoms with Gasteiger partial charge in [-0.05, 0) is 37.2 Å². The number of hydrogen-bond donors (Lipinski definition) is 1. The Balaban J connectivity index is 1.52. The molecular formula is C16H19F2N3O2S. The molecule has 0 bridgehead atoms. The zero-order valence-corrected chi connectivity index (χ0v) is 14.0. The third kappa shape index (κ3) is 3.99. The first-order valence-corrected chi connectivity index (χ1v) is 8.36. The van der Waals surface area contributed by atoms with Crippen LogP contribution in [0.15, 0.2) is 18.2 Å². The minimum atomic E-state index is -0.660. The minimum Gasteiger partial charge on any atom is -0.368 e. The highest BCUT2D eigenvalue weighted by atomic mass is 32.1. The van der Waals surface area contributed by atoms with Crippen molar-refractivity contribution in [2.24, 2.45) is 0 Å². The van der Waals surface area contributed by atoms with Crippen molar-refractivity contribution in [1.29, 1.82) is 0 Å². The highest BCUT2D eigenvalue weighted by molar-refractivity contribution is 7.80. The molecular weight excluding hydrogens is 336 g/mol. The number of anilines is 1. The van der Waals surface area contributed by atoms with E-state index >= 15 is 0 Å². The topological polar surface area (TPSA) is 44.8 Å². The summed E-state index contributed by atoms with van der Waals surface area (Å²) < 4.78 is 31.9. The number of nitrogens with zero attached hydrogens (tertiary/aromatic N) is 2. The maximum Gasteiger partial charge on any atom is 0.251 e. The summed E-state index contributed by atoms with van der Waals surface area (Å²) in [5.41, 5.74) is 0.273. The van der Waals surface area contributed by atoms with Gasteiger partial charge in [0.15, 0.2) is 5.11 Å². The number of benzene rings is 1. The summed E-state index contributed by atoms with van der Waals surface area (Å²) in [4.78, 5) is 16.0. The van der Waals surface area contributed by atoms with E-state index in [9.17, 15) is 13.6 Å². The number of carbonyl (C=O) groups is 1. The first-order chi connectivity index (χ1) is 11.5. The van der Waals surface area contributed by atoms with Crippen LogP contribution in [0.2, 0.25) is 0 Å². The van der Waals surface area contributed by atoms with E-state index in [0.29, 0.717) is 37.9 Å². The Hall–Kier alpha value is -1.80. The highest BCUT2D eigenvalue weighted by Crippen LogP contribution is 2.17. The summed E-state index contributed by atoms with van der Waals surface area (Å²) in [6.45, 7) is 2.90. The lowest BCUT2D eigenvalue weighted by Gasteiger charge is -2.37. The molecule has 2 heterocycles. The quantitative estimate of drug-likeness (QED) is 0.822. The van der Waals surface area contributed by atoms with Crippen molar-refractivity contribution in [1.82, 2.24) is 9.80 Å². The lowest BCUT2D eigenvalue weighted by molar-refractivity contribution is -0.142. The van der Waals surface area contributed by atoms with E-state index in [1.165, 1.54) is 12.1 Å². The SMILES string of the molecule is O=C([C@H]1CCCO1)N1CCN(C(=S)Nc2cc(F)cc(F)c2)CC1. The van der Waals surface area contributed by atoms with E-state index < -0.39 is 11.6 Å². The average Bonchev–Trinajstić information content (AvgIpc) is 3.07. The highest BCUT2D eigenvalue weighted by Gasteiger charge is 2.30. The van der Waals surface area contributed by atoms with Gasteiger partial charge in [0.2, 0.25) is 0 Å². The van der Waals surface area contributed by atoms with Crippen molar-refractivity contribution < 1.29 is 18.3 Å². The molecule has 2 aliphatic heterocycles. The van der Waals surface area contributed by atoms with Crippen molar-refractivity contribution in [2.75, 3.05) is 38.1 Å². The van der Waals surface area contributed by atoms with Gasteiger partial charge in [0.25, 0.3) is 5.91 Å². The summed E-state index contributed by atoms with van der Waals surface area (Å²) >= 11 is 5.30. The van der Waals surface area contributed by atoms with Crippen LogP contribution in [0.25, 0.3) is 0 Å². The van der Waals surface area contributed by atoms with Gasteiger partial charge in [-0.2, -0.15) is 0 Å². The van der Waals surface area contributed by atoms with Gasteiger partial charge in [-0.1, -0.05) is 0 Å². The molecule has 0 spiro atoms. The van der Waals surface area contributed by atoms with Gasteiger partial charge in [0, 0.05) is 44.5 Å². The van der Waals surface area contributed by atoms with Gasteiger partial charge < -0.3 is 19.9 Å². The Bertz CT molecular complexity index is 609. The van der Waals surface area contributed by atoms with Crippen molar-refractivity contribution in [3.05, 3.63) is 29.8 Å². The first kappa shape index (κ1) is 17.0. The van der Waals surface area contributed by atoms with E-state index in [0.717, 1.165) is 18.9 Å². The van der Waals surface area contributed by atoms with Gasteiger partial charge in [-0.25, -0.2) is 8.78 Å². The third-order valence-corrected chi connectivity index (χ3v) is 4.56. The van der Waals surface area contributed by atoms with Gasteiger partial charge >= 0.3 is 0 Å². The molecule has 1 amide bonds. The maximum atomic E-state index is 13.2. The van der Waals surface area contributed by atoms with Gasteiger partial charge in [0.05, 0.1) is 0 Å². The number of amides is 1. The summed E-state index contributed by atoms with van der Waals surface area (Å²) in [6, 6.07) is 3.18. The second-order valence-corrected chi connectivity index (χ2v) is 6.29. The molecule has 0 aliphatic carbocycles.